The van der Waals surface area contributed by atoms with Crippen molar-refractivity contribution >= 4 is 17.3 Å². The Labute approximate surface area is 82.2 Å². The predicted octanol–water partition coefficient (Wildman–Crippen LogP) is 2.50. The van der Waals surface area contributed by atoms with Crippen molar-refractivity contribution in [1.82, 2.24) is 9.97 Å². The normalized spacial score (nSPS) is 11.1. The zero-order valence-electron chi connectivity index (χ0n) is 8.24. The van der Waals surface area contributed by atoms with Gasteiger partial charge in [0, 0.05) is 6.20 Å². The molecule has 0 saturated carbocycles. The summed E-state index contributed by atoms with van der Waals surface area (Å²) in [6.07, 6.45) is 2.66. The van der Waals surface area contributed by atoms with E-state index >= 15 is 0 Å². The molecule has 0 aliphatic carbocycles. The van der Waals surface area contributed by atoms with Crippen LogP contribution in [0.5, 0.6) is 0 Å². The molecular formula is C11H12N2O. The summed E-state index contributed by atoms with van der Waals surface area (Å²) in [6.45, 7) is 4.23. The van der Waals surface area contributed by atoms with E-state index in [1.807, 2.05) is 12.3 Å². The fourth-order valence-electron chi connectivity index (χ4n) is 1.42. The molecule has 0 bridgehead atoms. The second-order valence-corrected chi connectivity index (χ2v) is 3.70. The summed E-state index contributed by atoms with van der Waals surface area (Å²) < 4.78 is 0. The van der Waals surface area contributed by atoms with Crippen molar-refractivity contribution in [2.75, 3.05) is 0 Å². The maximum absolute atomic E-state index is 10.5. The zero-order valence-corrected chi connectivity index (χ0v) is 8.24. The van der Waals surface area contributed by atoms with Gasteiger partial charge in [0.15, 0.2) is 6.29 Å². The van der Waals surface area contributed by atoms with Crippen LogP contribution in [-0.2, 0) is 0 Å². The lowest BCUT2D eigenvalue weighted by molar-refractivity contribution is 0.112. The van der Waals surface area contributed by atoms with Gasteiger partial charge in [-0.15, -0.1) is 0 Å². The average Bonchev–Trinajstić information content (AvgIpc) is 2.58. The summed E-state index contributed by atoms with van der Waals surface area (Å²) in [5.41, 5.74) is 3.53. The van der Waals surface area contributed by atoms with E-state index in [0.29, 0.717) is 11.6 Å². The molecule has 72 valence electrons. The summed E-state index contributed by atoms with van der Waals surface area (Å²) >= 11 is 0. The smallest absolute Gasteiger partial charge is 0.166 e. The molecule has 2 heterocycles. The third-order valence-electron chi connectivity index (χ3n) is 2.30. The molecule has 0 aliphatic heterocycles. The van der Waals surface area contributed by atoms with Crippen molar-refractivity contribution < 1.29 is 4.79 Å². The summed E-state index contributed by atoms with van der Waals surface area (Å²) in [4.78, 5) is 17.8. The van der Waals surface area contributed by atoms with Crippen molar-refractivity contribution in [3.63, 3.8) is 0 Å². The molecule has 14 heavy (non-hydrogen) atoms. The first kappa shape index (κ1) is 8.94. The third kappa shape index (κ3) is 1.41. The van der Waals surface area contributed by atoms with Crippen LogP contribution >= 0.6 is 0 Å². The van der Waals surface area contributed by atoms with Crippen molar-refractivity contribution in [3.8, 4) is 0 Å². The maximum Gasteiger partial charge on any atom is 0.166 e. The largest absolute Gasteiger partial charge is 0.351 e. The number of hydrogen-bond donors (Lipinski definition) is 1. The number of carbonyl (C=O) groups excluding carboxylic acids is 1. The predicted molar refractivity (Wildman–Crippen MR) is 55.6 cm³/mol. The molecule has 1 N–H and O–H groups in total. The highest BCUT2D eigenvalue weighted by Crippen LogP contribution is 2.18. The monoisotopic (exact) mass is 188 g/mol. The average molecular weight is 188 g/mol. The minimum Gasteiger partial charge on any atom is -0.351 e. The van der Waals surface area contributed by atoms with Gasteiger partial charge < -0.3 is 4.98 Å². The standard InChI is InChI=1S/C11H12N2O/c1-7(2)8-3-11-10(12-5-8)4-9(6-14)13-11/h3-7,13H,1-2H3. The Morgan fingerprint density at radius 2 is 2.21 bits per heavy atom. The number of nitrogens with one attached hydrogen (secondary N) is 1. The Kier molecular flexibility index (Phi) is 2.08. The molecule has 0 spiro atoms. The zero-order chi connectivity index (χ0) is 10.1. The van der Waals surface area contributed by atoms with E-state index in [1.165, 1.54) is 5.56 Å². The highest BCUT2D eigenvalue weighted by Gasteiger charge is 2.04. The second kappa shape index (κ2) is 3.25. The molecule has 2 rings (SSSR count). The van der Waals surface area contributed by atoms with E-state index in [2.05, 4.69) is 23.8 Å². The van der Waals surface area contributed by atoms with Crippen molar-refractivity contribution in [2.45, 2.75) is 19.8 Å². The van der Waals surface area contributed by atoms with Gasteiger partial charge in [0.1, 0.15) is 0 Å². The molecule has 0 fully saturated rings. The number of aromatic nitrogens is 2. The van der Waals surface area contributed by atoms with Crippen molar-refractivity contribution in [1.29, 1.82) is 0 Å². The SMILES string of the molecule is CC(C)c1cnc2cc(C=O)[nH]c2c1. The van der Waals surface area contributed by atoms with Crippen LogP contribution in [0.15, 0.2) is 18.3 Å². The van der Waals surface area contributed by atoms with Crippen LogP contribution in [-0.4, -0.2) is 16.3 Å². The second-order valence-electron chi connectivity index (χ2n) is 3.70. The number of H-pyrrole nitrogens is 1. The van der Waals surface area contributed by atoms with Crippen molar-refractivity contribution in [3.05, 3.63) is 29.6 Å². The van der Waals surface area contributed by atoms with Crippen molar-refractivity contribution in [2.24, 2.45) is 0 Å². The fraction of sp³-hybridized carbons (Fsp3) is 0.273. The van der Waals surface area contributed by atoms with Crippen LogP contribution in [0.3, 0.4) is 0 Å². The molecule has 0 aromatic carbocycles. The highest BCUT2D eigenvalue weighted by molar-refractivity contribution is 5.85. The van der Waals surface area contributed by atoms with Crippen LogP contribution in [0.1, 0.15) is 35.8 Å². The van der Waals surface area contributed by atoms with Gasteiger partial charge in [-0.2, -0.15) is 0 Å². The molecule has 0 amide bonds. The Bertz CT molecular complexity index is 471. The maximum atomic E-state index is 10.5. The van der Waals surface area contributed by atoms with Gasteiger partial charge in [-0.3, -0.25) is 9.78 Å². The molecular weight excluding hydrogens is 176 g/mol. The summed E-state index contributed by atoms with van der Waals surface area (Å²) in [7, 11) is 0. The first-order valence-corrected chi connectivity index (χ1v) is 4.64. The molecule has 3 heteroatoms. The third-order valence-corrected chi connectivity index (χ3v) is 2.30. The molecule has 0 radical (unpaired) electrons. The number of pyridine rings is 1. The molecule has 0 unspecified atom stereocenters. The fourth-order valence-corrected chi connectivity index (χ4v) is 1.42. The van der Waals surface area contributed by atoms with E-state index < -0.39 is 0 Å². The molecule has 2 aromatic rings. The number of aldehydes is 1. The van der Waals surface area contributed by atoms with E-state index in [-0.39, 0.29) is 0 Å². The molecule has 0 saturated heterocycles. The molecule has 0 aliphatic rings. The molecule has 2 aromatic heterocycles. The lowest BCUT2D eigenvalue weighted by atomic mass is 10.1. The van der Waals surface area contributed by atoms with Gasteiger partial charge in [0.2, 0.25) is 0 Å². The lowest BCUT2D eigenvalue weighted by Gasteiger charge is -2.03. The van der Waals surface area contributed by atoms with Gasteiger partial charge in [0.05, 0.1) is 16.7 Å². The van der Waals surface area contributed by atoms with Crippen LogP contribution in [0, 0.1) is 0 Å². The first-order valence-electron chi connectivity index (χ1n) is 4.64. The minimum absolute atomic E-state index is 0.454. The number of rotatable bonds is 2. The Morgan fingerprint density at radius 3 is 2.86 bits per heavy atom. The molecule has 3 nitrogen and oxygen atoms in total. The topological polar surface area (TPSA) is 45.8 Å². The van der Waals surface area contributed by atoms with Crippen LogP contribution in [0.4, 0.5) is 0 Å². The number of carbonyl (C=O) groups is 1. The Balaban J connectivity index is 2.59. The van der Waals surface area contributed by atoms with Crippen LogP contribution in [0.25, 0.3) is 11.0 Å². The number of nitrogens with zero attached hydrogens (tertiary/aromatic N) is 1. The summed E-state index contributed by atoms with van der Waals surface area (Å²) in [6, 6.07) is 3.80. The lowest BCUT2D eigenvalue weighted by Crippen LogP contribution is -1.88. The van der Waals surface area contributed by atoms with E-state index in [4.69, 9.17) is 0 Å². The van der Waals surface area contributed by atoms with Gasteiger partial charge >= 0.3 is 0 Å². The summed E-state index contributed by atoms with van der Waals surface area (Å²) in [5.74, 6) is 0.454. The van der Waals surface area contributed by atoms with E-state index in [1.54, 1.807) is 6.07 Å². The number of fused-ring (bicyclic) bond motifs is 1. The Hall–Kier alpha value is -1.64. The summed E-state index contributed by atoms with van der Waals surface area (Å²) in [5, 5.41) is 0. The van der Waals surface area contributed by atoms with Gasteiger partial charge in [-0.25, -0.2) is 0 Å². The Morgan fingerprint density at radius 1 is 1.43 bits per heavy atom. The van der Waals surface area contributed by atoms with Crippen LogP contribution < -0.4 is 0 Å². The molecule has 0 atom stereocenters. The quantitative estimate of drug-likeness (QED) is 0.736. The van der Waals surface area contributed by atoms with Crippen LogP contribution in [0.2, 0.25) is 0 Å². The van der Waals surface area contributed by atoms with E-state index in [0.717, 1.165) is 17.3 Å². The van der Waals surface area contributed by atoms with E-state index in [9.17, 15) is 4.79 Å². The van der Waals surface area contributed by atoms with Gasteiger partial charge in [-0.1, -0.05) is 13.8 Å². The first-order chi connectivity index (χ1) is 6.70. The number of aromatic amines is 1. The minimum atomic E-state index is 0.454. The highest BCUT2D eigenvalue weighted by atomic mass is 16.1. The van der Waals surface area contributed by atoms with Gasteiger partial charge in [-0.05, 0) is 23.6 Å². The number of hydrogen-bond acceptors (Lipinski definition) is 2. The van der Waals surface area contributed by atoms with Gasteiger partial charge in [0.25, 0.3) is 0 Å².